The van der Waals surface area contributed by atoms with Crippen LogP contribution in [0.25, 0.3) is 28.7 Å². The highest BCUT2D eigenvalue weighted by atomic mass is 32.2. The third kappa shape index (κ3) is 6.79. The van der Waals surface area contributed by atoms with Gasteiger partial charge in [0.25, 0.3) is 0 Å². The van der Waals surface area contributed by atoms with Gasteiger partial charge in [-0.2, -0.15) is 30.6 Å². The van der Waals surface area contributed by atoms with Gasteiger partial charge in [-0.05, 0) is 55.8 Å². The fourth-order valence-corrected chi connectivity index (χ4v) is 6.19. The first-order valence-corrected chi connectivity index (χ1v) is 13.7. The van der Waals surface area contributed by atoms with Crippen LogP contribution >= 0.6 is 0 Å². The molecule has 0 atom stereocenters. The summed E-state index contributed by atoms with van der Waals surface area (Å²) in [4.78, 5) is 19.3. The number of carbonyl (C=O) groups is 1. The Balaban J connectivity index is 1.94. The number of primary amides is 1. The second kappa shape index (κ2) is 11.1. The minimum Gasteiger partial charge on any atom is -0.373 e. The van der Waals surface area contributed by atoms with E-state index in [-0.39, 0.29) is 47.5 Å². The van der Waals surface area contributed by atoms with Crippen LogP contribution in [0.5, 0.6) is 0 Å². The Hall–Kier alpha value is -3.82. The third-order valence-electron chi connectivity index (χ3n) is 6.25. The second-order valence-corrected chi connectivity index (χ2v) is 11.9. The molecule has 2 N–H and O–H groups in total. The predicted octanol–water partition coefficient (Wildman–Crippen LogP) is 5.15. The number of morpholine rings is 1. The molecule has 4 rings (SSSR count). The minimum absolute atomic E-state index is 0.00436. The molecule has 0 unspecified atom stereocenters. The van der Waals surface area contributed by atoms with Gasteiger partial charge in [-0.15, -0.1) is 0 Å². The predicted molar refractivity (Wildman–Crippen MR) is 140 cm³/mol. The van der Waals surface area contributed by atoms with Crippen molar-refractivity contribution in [2.45, 2.75) is 36.7 Å². The van der Waals surface area contributed by atoms with Crippen LogP contribution in [0.3, 0.4) is 0 Å². The van der Waals surface area contributed by atoms with Crippen molar-refractivity contribution < 1.29 is 44.3 Å². The Bertz CT molecular complexity index is 1620. The first-order valence-electron chi connectivity index (χ1n) is 12.3. The minimum atomic E-state index is -5.10. The van der Waals surface area contributed by atoms with Gasteiger partial charge in [0.1, 0.15) is 0 Å². The molecule has 0 bridgehead atoms. The van der Waals surface area contributed by atoms with E-state index in [2.05, 4.69) is 9.97 Å². The molecule has 1 amide bonds. The summed E-state index contributed by atoms with van der Waals surface area (Å²) in [5.41, 5.74) is 0.633. The van der Waals surface area contributed by atoms with Crippen molar-refractivity contribution in [3.63, 3.8) is 0 Å². The number of sulfonamides is 1. The molecule has 15 heteroatoms. The van der Waals surface area contributed by atoms with Gasteiger partial charge in [0.05, 0.1) is 33.9 Å². The Kier molecular flexibility index (Phi) is 8.23. The number of halogens is 6. The zero-order valence-corrected chi connectivity index (χ0v) is 22.9. The second-order valence-electron chi connectivity index (χ2n) is 9.96. The molecule has 0 saturated carbocycles. The molecule has 8 nitrogen and oxygen atoms in total. The first-order chi connectivity index (χ1) is 19.4. The maximum atomic E-state index is 13.9. The van der Waals surface area contributed by atoms with Gasteiger partial charge < -0.3 is 10.5 Å². The van der Waals surface area contributed by atoms with E-state index in [1.54, 1.807) is 13.8 Å². The lowest BCUT2D eigenvalue weighted by Crippen LogP contribution is -2.50. The molecule has 0 aliphatic carbocycles. The zero-order valence-electron chi connectivity index (χ0n) is 22.1. The highest BCUT2D eigenvalue weighted by molar-refractivity contribution is 7.89. The van der Waals surface area contributed by atoms with Crippen molar-refractivity contribution in [1.29, 1.82) is 0 Å². The van der Waals surface area contributed by atoms with Crippen molar-refractivity contribution in [3.05, 3.63) is 71.4 Å². The molecular formula is C27H24F6N4O4S. The topological polar surface area (TPSA) is 115 Å². The van der Waals surface area contributed by atoms with Gasteiger partial charge >= 0.3 is 12.4 Å². The lowest BCUT2D eigenvalue weighted by Gasteiger charge is -2.37. The molecule has 42 heavy (non-hydrogen) atoms. The van der Waals surface area contributed by atoms with Gasteiger partial charge in [-0.25, -0.2) is 18.4 Å². The van der Waals surface area contributed by atoms with E-state index in [1.165, 1.54) is 34.6 Å². The molecule has 3 aromatic rings. The number of carbonyl (C=O) groups excluding carboxylic acids is 1. The Labute approximate surface area is 236 Å². The number of amides is 1. The third-order valence-corrected chi connectivity index (χ3v) is 8.14. The van der Waals surface area contributed by atoms with Gasteiger partial charge in [-0.1, -0.05) is 12.1 Å². The molecule has 1 saturated heterocycles. The highest BCUT2D eigenvalue weighted by Gasteiger charge is 2.38. The van der Waals surface area contributed by atoms with Crippen LogP contribution in [-0.4, -0.2) is 53.9 Å². The maximum absolute atomic E-state index is 13.9. The van der Waals surface area contributed by atoms with E-state index in [9.17, 15) is 39.6 Å². The van der Waals surface area contributed by atoms with E-state index in [0.717, 1.165) is 12.3 Å². The molecule has 224 valence electrons. The molecule has 0 spiro atoms. The van der Waals surface area contributed by atoms with Gasteiger partial charge in [0.2, 0.25) is 15.9 Å². The largest absolute Gasteiger partial charge is 0.416 e. The standard InChI is InChI=1S/C27H24F6N4O4S/c1-25(2)15-37(10-11-41-25)42(39,40)21-5-3-4-16(6-7-22(34)38)23(21)20-8-9-35-24(36-20)17-12-18(26(28,29)30)14-19(13-17)27(31,32)33/h3-9,12-14H,10-11,15H2,1-2H3,(H2,34,38)/b7-6+. The van der Waals surface area contributed by atoms with Crippen molar-refractivity contribution in [3.8, 4) is 22.6 Å². The van der Waals surface area contributed by atoms with Gasteiger partial charge in [0, 0.05) is 36.5 Å². The van der Waals surface area contributed by atoms with Crippen LogP contribution in [0.15, 0.2) is 59.6 Å². The van der Waals surface area contributed by atoms with Crippen molar-refractivity contribution in [1.82, 2.24) is 14.3 Å². The summed E-state index contributed by atoms with van der Waals surface area (Å²) >= 11 is 0. The lowest BCUT2D eigenvalue weighted by atomic mass is 10.0. The number of benzene rings is 2. The van der Waals surface area contributed by atoms with Crippen LogP contribution in [0.2, 0.25) is 0 Å². The molecule has 1 aliphatic heterocycles. The van der Waals surface area contributed by atoms with Crippen LogP contribution in [-0.2, 0) is 31.9 Å². The van der Waals surface area contributed by atoms with Crippen molar-refractivity contribution in [2.75, 3.05) is 19.7 Å². The fraction of sp³-hybridized carbons (Fsp3) is 0.296. The van der Waals surface area contributed by atoms with Crippen LogP contribution in [0.1, 0.15) is 30.5 Å². The van der Waals surface area contributed by atoms with E-state index in [4.69, 9.17) is 10.5 Å². The number of nitrogens with two attached hydrogens (primary N) is 1. The number of alkyl halides is 6. The van der Waals surface area contributed by atoms with Crippen molar-refractivity contribution in [2.24, 2.45) is 5.73 Å². The van der Waals surface area contributed by atoms with Crippen LogP contribution in [0.4, 0.5) is 26.3 Å². The smallest absolute Gasteiger partial charge is 0.373 e. The summed E-state index contributed by atoms with van der Waals surface area (Å²) in [5.74, 6) is -1.37. The van der Waals surface area contributed by atoms with E-state index < -0.39 is 56.4 Å². The van der Waals surface area contributed by atoms with E-state index in [0.29, 0.717) is 12.1 Å². The Morgan fingerprint density at radius 1 is 1.05 bits per heavy atom. The molecule has 1 fully saturated rings. The number of hydrogen-bond acceptors (Lipinski definition) is 6. The number of hydrogen-bond donors (Lipinski definition) is 1. The summed E-state index contributed by atoms with van der Waals surface area (Å²) in [7, 11) is -4.26. The maximum Gasteiger partial charge on any atom is 0.416 e. The number of ether oxygens (including phenoxy) is 1. The Morgan fingerprint density at radius 3 is 2.26 bits per heavy atom. The average Bonchev–Trinajstić information content (AvgIpc) is 2.90. The summed E-state index contributed by atoms with van der Waals surface area (Å²) in [6.07, 6.45) is -6.93. The number of aromatic nitrogens is 2. The number of rotatable bonds is 6. The summed E-state index contributed by atoms with van der Waals surface area (Å²) < 4.78 is 115. The zero-order chi connectivity index (χ0) is 31.1. The SMILES string of the molecule is CC1(C)CN(S(=O)(=O)c2cccc(/C=C/C(N)=O)c2-c2ccnc(-c3cc(C(F)(F)F)cc(C(F)(F)F)c3)n2)CCO1. The van der Waals surface area contributed by atoms with E-state index in [1.807, 2.05) is 0 Å². The summed E-state index contributed by atoms with van der Waals surface area (Å²) in [6, 6.07) is 6.31. The lowest BCUT2D eigenvalue weighted by molar-refractivity contribution is -0.143. The molecule has 1 aromatic heterocycles. The van der Waals surface area contributed by atoms with Crippen LogP contribution in [0, 0.1) is 0 Å². The molecule has 0 radical (unpaired) electrons. The average molecular weight is 615 g/mol. The normalized spacial score (nSPS) is 16.6. The van der Waals surface area contributed by atoms with E-state index >= 15 is 0 Å². The fourth-order valence-electron chi connectivity index (χ4n) is 4.39. The quantitative estimate of drug-likeness (QED) is 0.304. The summed E-state index contributed by atoms with van der Waals surface area (Å²) in [6.45, 7) is 3.55. The first kappa shape index (κ1) is 31.1. The van der Waals surface area contributed by atoms with Crippen LogP contribution < -0.4 is 5.73 Å². The molecule has 2 heterocycles. The van der Waals surface area contributed by atoms with Gasteiger partial charge in [0.15, 0.2) is 5.82 Å². The molecular weight excluding hydrogens is 590 g/mol. The Morgan fingerprint density at radius 2 is 1.69 bits per heavy atom. The molecule has 1 aliphatic rings. The van der Waals surface area contributed by atoms with Gasteiger partial charge in [-0.3, -0.25) is 4.79 Å². The summed E-state index contributed by atoms with van der Waals surface area (Å²) in [5, 5.41) is 0. The molecule has 2 aromatic carbocycles. The highest BCUT2D eigenvalue weighted by Crippen LogP contribution is 2.39. The number of nitrogens with zero attached hydrogens (tertiary/aromatic N) is 3. The van der Waals surface area contributed by atoms with Crippen molar-refractivity contribution >= 4 is 22.0 Å². The monoisotopic (exact) mass is 614 g/mol.